The Morgan fingerprint density at radius 1 is 1.33 bits per heavy atom. The molecule has 2 aromatic rings. The standard InChI is InChI=1S/C13H9FIN3O3/c14-7-5-8(12(16)11(6-7)18(20)21)13(19)17-10-4-2-1-3-9(10)15/h1-6H,16H2,(H,17,19). The molecule has 0 spiro atoms. The molecule has 0 aliphatic rings. The molecule has 21 heavy (non-hydrogen) atoms. The van der Waals surface area contributed by atoms with Crippen molar-refractivity contribution in [3.05, 3.63) is 61.5 Å². The minimum Gasteiger partial charge on any atom is -0.393 e. The maximum absolute atomic E-state index is 13.4. The van der Waals surface area contributed by atoms with Crippen molar-refractivity contribution in [1.29, 1.82) is 0 Å². The number of benzene rings is 2. The van der Waals surface area contributed by atoms with E-state index in [-0.39, 0.29) is 11.3 Å². The van der Waals surface area contributed by atoms with Gasteiger partial charge >= 0.3 is 0 Å². The summed E-state index contributed by atoms with van der Waals surface area (Å²) in [6, 6.07) is 8.48. The average Bonchev–Trinajstić information content (AvgIpc) is 2.43. The highest BCUT2D eigenvalue weighted by molar-refractivity contribution is 14.1. The SMILES string of the molecule is Nc1c(C(=O)Nc2ccccc2I)cc(F)cc1[N+](=O)[O-]. The van der Waals surface area contributed by atoms with E-state index in [0.29, 0.717) is 11.8 Å². The number of carbonyl (C=O) groups excluding carboxylic acids is 1. The quantitative estimate of drug-likeness (QED) is 0.357. The van der Waals surface area contributed by atoms with Crippen molar-refractivity contribution in [2.24, 2.45) is 0 Å². The van der Waals surface area contributed by atoms with Gasteiger partial charge in [0.05, 0.1) is 22.2 Å². The Bertz CT molecular complexity index is 737. The van der Waals surface area contributed by atoms with Gasteiger partial charge in [0.1, 0.15) is 11.5 Å². The lowest BCUT2D eigenvalue weighted by Gasteiger charge is -2.09. The maximum atomic E-state index is 13.4. The molecule has 3 N–H and O–H groups in total. The number of nitro benzene ring substituents is 1. The second kappa shape index (κ2) is 6.04. The van der Waals surface area contributed by atoms with E-state index in [0.717, 1.165) is 9.64 Å². The van der Waals surface area contributed by atoms with Crippen LogP contribution in [0, 0.1) is 19.5 Å². The molecular formula is C13H9FIN3O3. The first-order valence-corrected chi connectivity index (χ1v) is 6.77. The number of hydrogen-bond acceptors (Lipinski definition) is 4. The number of halogens is 2. The number of nitrogen functional groups attached to an aromatic ring is 1. The molecule has 0 atom stereocenters. The minimum absolute atomic E-state index is 0.277. The van der Waals surface area contributed by atoms with Crippen molar-refractivity contribution in [2.75, 3.05) is 11.1 Å². The highest BCUT2D eigenvalue weighted by atomic mass is 127. The van der Waals surface area contributed by atoms with Gasteiger partial charge in [0, 0.05) is 3.57 Å². The first-order valence-electron chi connectivity index (χ1n) is 5.69. The summed E-state index contributed by atoms with van der Waals surface area (Å²) < 4.78 is 14.2. The maximum Gasteiger partial charge on any atom is 0.295 e. The van der Waals surface area contributed by atoms with E-state index in [1.54, 1.807) is 24.3 Å². The van der Waals surface area contributed by atoms with Crippen LogP contribution in [-0.2, 0) is 0 Å². The summed E-state index contributed by atoms with van der Waals surface area (Å²) >= 11 is 2.02. The molecule has 0 aliphatic heterocycles. The van der Waals surface area contributed by atoms with Crippen molar-refractivity contribution in [1.82, 2.24) is 0 Å². The van der Waals surface area contributed by atoms with E-state index in [2.05, 4.69) is 5.32 Å². The molecule has 0 saturated carbocycles. The Balaban J connectivity index is 2.40. The number of rotatable bonds is 3. The van der Waals surface area contributed by atoms with Gasteiger partial charge in [0.2, 0.25) is 0 Å². The zero-order valence-corrected chi connectivity index (χ0v) is 12.6. The molecule has 0 fully saturated rings. The fourth-order valence-electron chi connectivity index (χ4n) is 1.69. The van der Waals surface area contributed by atoms with Crippen LogP contribution in [0.1, 0.15) is 10.4 Å². The summed E-state index contributed by atoms with van der Waals surface area (Å²) in [6.07, 6.45) is 0. The number of anilines is 2. The Hall–Kier alpha value is -2.23. The fourth-order valence-corrected chi connectivity index (χ4v) is 2.22. The Morgan fingerprint density at radius 3 is 2.62 bits per heavy atom. The molecule has 0 saturated heterocycles. The van der Waals surface area contributed by atoms with Gasteiger partial charge in [-0.05, 0) is 40.8 Å². The largest absolute Gasteiger partial charge is 0.393 e. The molecule has 0 unspecified atom stereocenters. The van der Waals surface area contributed by atoms with Crippen molar-refractivity contribution in [3.8, 4) is 0 Å². The lowest BCUT2D eigenvalue weighted by molar-refractivity contribution is -0.384. The van der Waals surface area contributed by atoms with Crippen LogP contribution in [0.4, 0.5) is 21.5 Å². The molecule has 2 aromatic carbocycles. The number of para-hydroxylation sites is 1. The zero-order valence-electron chi connectivity index (χ0n) is 10.5. The van der Waals surface area contributed by atoms with Crippen LogP contribution in [0.2, 0.25) is 0 Å². The number of hydrogen-bond donors (Lipinski definition) is 2. The first kappa shape index (κ1) is 15.2. The number of nitro groups is 1. The van der Waals surface area contributed by atoms with Crippen molar-refractivity contribution in [2.45, 2.75) is 0 Å². The van der Waals surface area contributed by atoms with Gasteiger partial charge in [0.25, 0.3) is 11.6 Å². The second-order valence-electron chi connectivity index (χ2n) is 4.08. The van der Waals surface area contributed by atoms with Gasteiger partial charge in [0.15, 0.2) is 0 Å². The third-order valence-corrected chi connectivity index (χ3v) is 3.63. The summed E-state index contributed by atoms with van der Waals surface area (Å²) in [7, 11) is 0. The number of nitrogens with two attached hydrogens (primary N) is 1. The molecule has 0 heterocycles. The predicted molar refractivity (Wildman–Crippen MR) is 84.6 cm³/mol. The van der Waals surface area contributed by atoms with Crippen molar-refractivity contribution >= 4 is 45.6 Å². The van der Waals surface area contributed by atoms with E-state index in [1.165, 1.54) is 0 Å². The molecule has 1 amide bonds. The van der Waals surface area contributed by atoms with Crippen LogP contribution >= 0.6 is 22.6 Å². The van der Waals surface area contributed by atoms with Crippen LogP contribution in [-0.4, -0.2) is 10.8 Å². The molecule has 2 rings (SSSR count). The van der Waals surface area contributed by atoms with Crippen LogP contribution in [0.5, 0.6) is 0 Å². The third kappa shape index (κ3) is 3.27. The topological polar surface area (TPSA) is 98.3 Å². The lowest BCUT2D eigenvalue weighted by Crippen LogP contribution is -2.16. The van der Waals surface area contributed by atoms with E-state index in [1.807, 2.05) is 22.6 Å². The predicted octanol–water partition coefficient (Wildman–Crippen LogP) is 3.17. The van der Waals surface area contributed by atoms with Gasteiger partial charge in [-0.25, -0.2) is 4.39 Å². The highest BCUT2D eigenvalue weighted by Gasteiger charge is 2.22. The van der Waals surface area contributed by atoms with Crippen LogP contribution in [0.3, 0.4) is 0 Å². The fraction of sp³-hybridized carbons (Fsp3) is 0. The highest BCUT2D eigenvalue weighted by Crippen LogP contribution is 2.28. The molecular weight excluding hydrogens is 392 g/mol. The van der Waals surface area contributed by atoms with Gasteiger partial charge in [-0.2, -0.15) is 0 Å². The summed E-state index contributed by atoms with van der Waals surface area (Å²) in [6.45, 7) is 0. The minimum atomic E-state index is -0.899. The van der Waals surface area contributed by atoms with Crippen LogP contribution in [0.15, 0.2) is 36.4 Å². The summed E-state index contributed by atoms with van der Waals surface area (Å²) in [5, 5.41) is 13.3. The lowest BCUT2D eigenvalue weighted by atomic mass is 10.1. The molecule has 0 radical (unpaired) electrons. The average molecular weight is 401 g/mol. The van der Waals surface area contributed by atoms with E-state index < -0.39 is 22.3 Å². The van der Waals surface area contributed by atoms with Gasteiger partial charge in [-0.3, -0.25) is 14.9 Å². The number of nitrogens with zero attached hydrogens (tertiary/aromatic N) is 1. The third-order valence-electron chi connectivity index (χ3n) is 2.69. The van der Waals surface area contributed by atoms with E-state index >= 15 is 0 Å². The van der Waals surface area contributed by atoms with E-state index in [9.17, 15) is 19.3 Å². The van der Waals surface area contributed by atoms with Crippen molar-refractivity contribution < 1.29 is 14.1 Å². The molecule has 0 aliphatic carbocycles. The monoisotopic (exact) mass is 401 g/mol. The molecule has 108 valence electrons. The Kier molecular flexibility index (Phi) is 4.36. The van der Waals surface area contributed by atoms with E-state index in [4.69, 9.17) is 5.73 Å². The number of nitrogens with one attached hydrogen (secondary N) is 1. The molecule has 0 bridgehead atoms. The van der Waals surface area contributed by atoms with Gasteiger partial charge in [-0.1, -0.05) is 12.1 Å². The van der Waals surface area contributed by atoms with Gasteiger partial charge in [-0.15, -0.1) is 0 Å². The Morgan fingerprint density at radius 2 is 2.00 bits per heavy atom. The zero-order chi connectivity index (χ0) is 15.6. The summed E-state index contributed by atoms with van der Waals surface area (Å²) in [5.74, 6) is -1.61. The van der Waals surface area contributed by atoms with Crippen LogP contribution < -0.4 is 11.1 Å². The van der Waals surface area contributed by atoms with Crippen molar-refractivity contribution in [3.63, 3.8) is 0 Å². The second-order valence-corrected chi connectivity index (χ2v) is 5.24. The number of carbonyl (C=O) groups is 1. The summed E-state index contributed by atoms with van der Waals surface area (Å²) in [5.41, 5.74) is 4.80. The number of amides is 1. The smallest absolute Gasteiger partial charge is 0.295 e. The summed E-state index contributed by atoms with van der Waals surface area (Å²) in [4.78, 5) is 22.1. The van der Waals surface area contributed by atoms with Crippen LogP contribution in [0.25, 0.3) is 0 Å². The Labute approximate surface area is 132 Å². The molecule has 8 heteroatoms. The normalized spacial score (nSPS) is 10.2. The van der Waals surface area contributed by atoms with Gasteiger partial charge < -0.3 is 11.1 Å². The first-order chi connectivity index (χ1) is 9.90. The molecule has 6 nitrogen and oxygen atoms in total. The molecule has 0 aromatic heterocycles.